The molecule has 0 fully saturated rings. The SMILES string of the molecule is COc1ccc(CO[N+](=O)[O-])o1. The molecule has 1 heterocycles. The molecule has 0 radical (unpaired) electrons. The molecule has 0 aliphatic heterocycles. The average Bonchev–Trinajstić information content (AvgIpc) is 2.48. The van der Waals surface area contributed by atoms with E-state index in [1.54, 1.807) is 12.1 Å². The smallest absolute Gasteiger partial charge is 0.294 e. The van der Waals surface area contributed by atoms with Gasteiger partial charge >= 0.3 is 0 Å². The van der Waals surface area contributed by atoms with Crippen molar-refractivity contribution in [3.63, 3.8) is 0 Å². The Morgan fingerprint density at radius 3 is 2.92 bits per heavy atom. The van der Waals surface area contributed by atoms with Crippen LogP contribution < -0.4 is 4.74 Å². The highest BCUT2D eigenvalue weighted by Crippen LogP contribution is 2.15. The van der Waals surface area contributed by atoms with Gasteiger partial charge in [-0.3, -0.25) is 0 Å². The Morgan fingerprint density at radius 2 is 2.42 bits per heavy atom. The van der Waals surface area contributed by atoms with Crippen molar-refractivity contribution in [1.82, 2.24) is 0 Å². The molecule has 0 saturated heterocycles. The minimum Gasteiger partial charge on any atom is -0.468 e. The summed E-state index contributed by atoms with van der Waals surface area (Å²) >= 11 is 0. The number of furan rings is 1. The van der Waals surface area contributed by atoms with Crippen LogP contribution in [0.2, 0.25) is 0 Å². The van der Waals surface area contributed by atoms with Crippen molar-refractivity contribution >= 4 is 0 Å². The summed E-state index contributed by atoms with van der Waals surface area (Å²) in [6.07, 6.45) is 0. The minimum absolute atomic E-state index is 0.198. The molecule has 1 aromatic rings. The quantitative estimate of drug-likeness (QED) is 0.501. The second kappa shape index (κ2) is 3.61. The third-order valence-corrected chi connectivity index (χ3v) is 1.15. The number of hydrogen-bond donors (Lipinski definition) is 0. The Morgan fingerprint density at radius 1 is 1.67 bits per heavy atom. The van der Waals surface area contributed by atoms with E-state index < -0.39 is 5.09 Å². The first kappa shape index (κ1) is 8.38. The van der Waals surface area contributed by atoms with E-state index in [1.807, 2.05) is 0 Å². The first-order chi connectivity index (χ1) is 5.72. The normalized spacial score (nSPS) is 9.42. The van der Waals surface area contributed by atoms with Gasteiger partial charge in [-0.25, -0.2) is 0 Å². The summed E-state index contributed by atoms with van der Waals surface area (Å²) in [5.74, 6) is 0.653. The summed E-state index contributed by atoms with van der Waals surface area (Å²) in [7, 11) is 1.44. The lowest BCUT2D eigenvalue weighted by Gasteiger charge is -1.94. The van der Waals surface area contributed by atoms with E-state index in [4.69, 9.17) is 9.15 Å². The summed E-state index contributed by atoms with van der Waals surface area (Å²) in [5, 5.41) is 8.88. The first-order valence-corrected chi connectivity index (χ1v) is 3.12. The fraction of sp³-hybridized carbons (Fsp3) is 0.333. The Kier molecular flexibility index (Phi) is 2.52. The molecule has 6 nitrogen and oxygen atoms in total. The summed E-state index contributed by atoms with van der Waals surface area (Å²) in [6, 6.07) is 3.10. The van der Waals surface area contributed by atoms with Gasteiger partial charge < -0.3 is 14.0 Å². The van der Waals surface area contributed by atoms with Crippen molar-refractivity contribution in [2.45, 2.75) is 6.61 Å². The van der Waals surface area contributed by atoms with Gasteiger partial charge in [0, 0.05) is 6.07 Å². The maximum Gasteiger partial charge on any atom is 0.294 e. The standard InChI is InChI=1S/C6H7NO5/c1-10-6-3-2-5(12-6)4-11-7(8)9/h2-3H,4H2,1H3. The molecule has 0 N–H and O–H groups in total. The van der Waals surface area contributed by atoms with Gasteiger partial charge in [-0.1, -0.05) is 0 Å². The van der Waals surface area contributed by atoms with E-state index >= 15 is 0 Å². The molecular formula is C6H7NO5. The largest absolute Gasteiger partial charge is 0.468 e. The van der Waals surface area contributed by atoms with Crippen LogP contribution in [-0.4, -0.2) is 12.2 Å². The van der Waals surface area contributed by atoms with Crippen LogP contribution in [0.25, 0.3) is 0 Å². The van der Waals surface area contributed by atoms with Gasteiger partial charge in [0.2, 0.25) is 0 Å². The molecule has 66 valence electrons. The van der Waals surface area contributed by atoms with Crippen molar-refractivity contribution in [3.05, 3.63) is 28.0 Å². The number of hydrogen-bond acceptors (Lipinski definition) is 5. The predicted molar refractivity (Wildman–Crippen MR) is 37.0 cm³/mol. The van der Waals surface area contributed by atoms with Crippen molar-refractivity contribution in [2.75, 3.05) is 7.11 Å². The minimum atomic E-state index is -0.880. The molecule has 1 rings (SSSR count). The van der Waals surface area contributed by atoms with E-state index in [1.165, 1.54) is 7.11 Å². The summed E-state index contributed by atoms with van der Waals surface area (Å²) < 4.78 is 9.64. The van der Waals surface area contributed by atoms with Gasteiger partial charge in [-0.2, -0.15) is 0 Å². The lowest BCUT2D eigenvalue weighted by Crippen LogP contribution is -1.99. The van der Waals surface area contributed by atoms with E-state index in [-0.39, 0.29) is 6.61 Å². The summed E-state index contributed by atoms with van der Waals surface area (Å²) in [5.41, 5.74) is 0. The van der Waals surface area contributed by atoms with Gasteiger partial charge in [0.1, 0.15) is 5.76 Å². The fourth-order valence-electron chi connectivity index (χ4n) is 0.662. The third-order valence-electron chi connectivity index (χ3n) is 1.15. The van der Waals surface area contributed by atoms with Crippen LogP contribution in [0.1, 0.15) is 5.76 Å². The lowest BCUT2D eigenvalue weighted by molar-refractivity contribution is -0.763. The molecule has 0 aromatic carbocycles. The van der Waals surface area contributed by atoms with Crippen molar-refractivity contribution < 1.29 is 19.1 Å². The van der Waals surface area contributed by atoms with Crippen LogP contribution in [0.3, 0.4) is 0 Å². The van der Waals surface area contributed by atoms with Crippen molar-refractivity contribution in [2.24, 2.45) is 0 Å². The maximum absolute atomic E-state index is 9.76. The van der Waals surface area contributed by atoms with E-state index in [9.17, 15) is 10.1 Å². The number of nitrogens with zero attached hydrogens (tertiary/aromatic N) is 1. The molecule has 12 heavy (non-hydrogen) atoms. The van der Waals surface area contributed by atoms with E-state index in [0.717, 1.165) is 0 Å². The maximum atomic E-state index is 9.76. The number of rotatable bonds is 4. The van der Waals surface area contributed by atoms with Crippen LogP contribution in [0.15, 0.2) is 16.5 Å². The summed E-state index contributed by atoms with van der Waals surface area (Å²) in [6.45, 7) is -0.198. The van der Waals surface area contributed by atoms with E-state index in [0.29, 0.717) is 11.7 Å². The zero-order valence-electron chi connectivity index (χ0n) is 6.35. The zero-order chi connectivity index (χ0) is 8.97. The molecule has 0 aliphatic carbocycles. The molecule has 0 bridgehead atoms. The Bertz CT molecular complexity index is 269. The monoisotopic (exact) mass is 173 g/mol. The number of methoxy groups -OCH3 is 1. The van der Waals surface area contributed by atoms with Crippen LogP contribution in [0.4, 0.5) is 0 Å². The topological polar surface area (TPSA) is 74.7 Å². The molecule has 1 aromatic heterocycles. The third kappa shape index (κ3) is 2.15. The average molecular weight is 173 g/mol. The lowest BCUT2D eigenvalue weighted by atomic mass is 10.5. The van der Waals surface area contributed by atoms with Crippen molar-refractivity contribution in [1.29, 1.82) is 0 Å². The summed E-state index contributed by atoms with van der Waals surface area (Å²) in [4.78, 5) is 13.8. The van der Waals surface area contributed by atoms with Crippen LogP contribution in [-0.2, 0) is 11.4 Å². The Balaban J connectivity index is 2.47. The molecule has 0 atom stereocenters. The van der Waals surface area contributed by atoms with Crippen LogP contribution in [0.5, 0.6) is 5.95 Å². The molecule has 6 heteroatoms. The highest BCUT2D eigenvalue weighted by Gasteiger charge is 2.03. The molecule has 0 saturated carbocycles. The van der Waals surface area contributed by atoms with Crippen LogP contribution in [0, 0.1) is 10.1 Å². The van der Waals surface area contributed by atoms with Gasteiger partial charge in [0.05, 0.1) is 7.11 Å². The van der Waals surface area contributed by atoms with Gasteiger partial charge in [-0.05, 0) is 6.07 Å². The molecule has 0 unspecified atom stereocenters. The zero-order valence-corrected chi connectivity index (χ0v) is 6.35. The van der Waals surface area contributed by atoms with Gasteiger partial charge in [-0.15, -0.1) is 10.1 Å². The van der Waals surface area contributed by atoms with Crippen LogP contribution >= 0.6 is 0 Å². The number of ether oxygens (including phenoxy) is 1. The fourth-order valence-corrected chi connectivity index (χ4v) is 0.662. The second-order valence-corrected chi connectivity index (χ2v) is 1.92. The molecule has 0 spiro atoms. The van der Waals surface area contributed by atoms with E-state index in [2.05, 4.69) is 4.84 Å². The molecule has 0 aliphatic rings. The Hall–Kier alpha value is -1.72. The Labute approximate surface area is 67.8 Å². The predicted octanol–water partition coefficient (Wildman–Crippen LogP) is 0.996. The van der Waals surface area contributed by atoms with Gasteiger partial charge in [0.15, 0.2) is 6.61 Å². The first-order valence-electron chi connectivity index (χ1n) is 3.12. The molecular weight excluding hydrogens is 166 g/mol. The van der Waals surface area contributed by atoms with Gasteiger partial charge in [0.25, 0.3) is 11.0 Å². The highest BCUT2D eigenvalue weighted by atomic mass is 17.0. The highest BCUT2D eigenvalue weighted by molar-refractivity contribution is 5.10. The molecule has 0 amide bonds. The van der Waals surface area contributed by atoms with Crippen molar-refractivity contribution in [3.8, 4) is 5.95 Å². The second-order valence-electron chi connectivity index (χ2n) is 1.92.